The SMILES string of the molecule is CC(C)([C@H](NC(=O)O)C(=O)NN(Cc1c(F)cc(-c2cnn(C(F)F)c2)cc1F)C[C@H](O)[C@H](Cc1ccc(-c2cnn(C(F)F)c2)cc1)NC[C@@H](NC(=O)OC1CC1)C(C)(C)C(F)(F)F)C(F)(F)F. The number of benzene rings is 2. The van der Waals surface area contributed by atoms with E-state index in [1.165, 1.54) is 29.6 Å². The highest BCUT2D eigenvalue weighted by Gasteiger charge is 2.56. The number of hydrazine groups is 1. The Labute approximate surface area is 385 Å². The topological polar surface area (TPSA) is 188 Å². The van der Waals surface area contributed by atoms with Crippen LogP contribution in [0.3, 0.4) is 0 Å². The zero-order chi connectivity index (χ0) is 51.4. The number of alkyl carbamates (subject to hydrolysis) is 1. The van der Waals surface area contributed by atoms with Crippen LogP contribution in [0.4, 0.5) is 62.3 Å². The summed E-state index contributed by atoms with van der Waals surface area (Å²) in [5, 5.41) is 35.3. The summed E-state index contributed by atoms with van der Waals surface area (Å²) in [4.78, 5) is 38.1. The molecule has 1 aliphatic carbocycles. The largest absolute Gasteiger partial charge is 0.465 e. The van der Waals surface area contributed by atoms with Crippen LogP contribution in [0, 0.1) is 22.5 Å². The van der Waals surface area contributed by atoms with Crippen molar-refractivity contribution in [3.05, 3.63) is 83.9 Å². The van der Waals surface area contributed by atoms with E-state index < -0.39 is 122 Å². The van der Waals surface area contributed by atoms with Crippen LogP contribution in [0.25, 0.3) is 22.3 Å². The van der Waals surface area contributed by atoms with Crippen molar-refractivity contribution in [3.63, 3.8) is 0 Å². The van der Waals surface area contributed by atoms with Crippen molar-refractivity contribution >= 4 is 18.1 Å². The number of nitrogens with zero attached hydrogens (tertiary/aromatic N) is 5. The van der Waals surface area contributed by atoms with Crippen LogP contribution in [0.5, 0.6) is 0 Å². The lowest BCUT2D eigenvalue weighted by Crippen LogP contribution is -2.62. The first kappa shape index (κ1) is 53.9. The molecular formula is C42H47F12N9O6. The molecular weight excluding hydrogens is 954 g/mol. The van der Waals surface area contributed by atoms with E-state index in [1.807, 2.05) is 5.43 Å². The van der Waals surface area contributed by atoms with Crippen molar-refractivity contribution in [2.45, 2.75) is 109 Å². The number of aromatic nitrogens is 4. The Bertz CT molecular complexity index is 2380. The maximum atomic E-state index is 15.9. The molecule has 0 aliphatic heterocycles. The van der Waals surface area contributed by atoms with Crippen molar-refractivity contribution < 1.29 is 82.0 Å². The molecule has 5 rings (SSSR count). The van der Waals surface area contributed by atoms with Gasteiger partial charge in [-0.1, -0.05) is 24.3 Å². The first-order valence-electron chi connectivity index (χ1n) is 20.8. The number of aliphatic hydroxyl groups is 1. The van der Waals surface area contributed by atoms with Gasteiger partial charge < -0.3 is 30.9 Å². The monoisotopic (exact) mass is 1000 g/mol. The number of carbonyl (C=O) groups is 3. The Kier molecular flexibility index (Phi) is 16.6. The Hall–Kier alpha value is -6.09. The highest BCUT2D eigenvalue weighted by atomic mass is 19.4. The second-order valence-corrected chi connectivity index (χ2v) is 17.4. The Morgan fingerprint density at radius 1 is 0.797 bits per heavy atom. The molecule has 0 spiro atoms. The first-order chi connectivity index (χ1) is 32.0. The molecule has 4 atom stereocenters. The van der Waals surface area contributed by atoms with Gasteiger partial charge in [-0.15, -0.1) is 0 Å². The van der Waals surface area contributed by atoms with Gasteiger partial charge in [-0.3, -0.25) is 10.2 Å². The lowest BCUT2D eigenvalue weighted by molar-refractivity contribution is -0.221. The third-order valence-corrected chi connectivity index (χ3v) is 11.6. The lowest BCUT2D eigenvalue weighted by Gasteiger charge is -2.38. The van der Waals surface area contributed by atoms with Crippen LogP contribution in [-0.4, -0.2) is 109 Å². The standard InChI is InChI=1S/C42H47F12N9O6/c1-39(2,41(49,50)51)32(58-38(68)69-26-9-10-26)16-55-30(11-21-5-7-22(8-6-21)24-14-56-62(17-24)35(45)46)31(64)20-61(60-34(65)33(59-37(66)67)40(3,4)42(52,53)54)19-27-28(43)12-23(13-29(27)44)25-15-57-63(18-25)36(47)48/h5-8,12-15,17-18,26,30-33,35-36,55,59,64H,9-11,16,19-20H2,1-4H3,(H,58,68)(H,60,65)(H,66,67)/t30-,31-,32+,33+/m0/s1. The maximum Gasteiger partial charge on any atom is 0.407 e. The third-order valence-electron chi connectivity index (χ3n) is 11.6. The molecule has 3 amide bonds. The highest BCUT2D eigenvalue weighted by Crippen LogP contribution is 2.42. The van der Waals surface area contributed by atoms with Gasteiger partial charge in [-0.2, -0.15) is 54.1 Å². The second-order valence-electron chi connectivity index (χ2n) is 17.4. The summed E-state index contributed by atoms with van der Waals surface area (Å²) < 4.78 is 177. The van der Waals surface area contributed by atoms with Gasteiger partial charge in [0.15, 0.2) is 0 Å². The highest BCUT2D eigenvalue weighted by molar-refractivity contribution is 5.86. The number of hydrogen-bond acceptors (Lipinski definition) is 9. The molecule has 6 N–H and O–H groups in total. The maximum absolute atomic E-state index is 15.9. The molecule has 4 aromatic rings. The second kappa shape index (κ2) is 21.3. The number of ether oxygens (including phenoxy) is 1. The smallest absolute Gasteiger partial charge is 0.407 e. The first-order valence-corrected chi connectivity index (χ1v) is 20.8. The van der Waals surface area contributed by atoms with Gasteiger partial charge in [-0.25, -0.2) is 32.7 Å². The van der Waals surface area contributed by atoms with Crippen LogP contribution < -0.4 is 21.4 Å². The zero-order valence-corrected chi connectivity index (χ0v) is 36.9. The van der Waals surface area contributed by atoms with Gasteiger partial charge in [0.1, 0.15) is 23.8 Å². The quantitative estimate of drug-likeness (QED) is 0.0353. The van der Waals surface area contributed by atoms with Gasteiger partial charge in [0.25, 0.3) is 5.91 Å². The van der Waals surface area contributed by atoms with Crippen LogP contribution in [0.2, 0.25) is 0 Å². The summed E-state index contributed by atoms with van der Waals surface area (Å²) in [6, 6.07) is 1.18. The molecule has 1 aliphatic rings. The molecule has 15 nitrogen and oxygen atoms in total. The Balaban J connectivity index is 1.53. The summed E-state index contributed by atoms with van der Waals surface area (Å²) in [7, 11) is 0. The molecule has 2 aromatic heterocycles. The number of aliphatic hydroxyl groups excluding tert-OH is 1. The average Bonchev–Trinajstić information content (AvgIpc) is 3.66. The van der Waals surface area contributed by atoms with Crippen molar-refractivity contribution in [2.24, 2.45) is 10.8 Å². The van der Waals surface area contributed by atoms with E-state index in [0.717, 1.165) is 38.6 Å². The fraction of sp³-hybridized carbons (Fsp3) is 0.500. The minimum absolute atomic E-state index is 0.176. The van der Waals surface area contributed by atoms with E-state index in [2.05, 4.69) is 20.8 Å². The molecule has 69 heavy (non-hydrogen) atoms. The summed E-state index contributed by atoms with van der Waals surface area (Å²) in [6.45, 7) is -6.52. The van der Waals surface area contributed by atoms with E-state index >= 15 is 8.78 Å². The van der Waals surface area contributed by atoms with Crippen LogP contribution in [0.15, 0.2) is 61.2 Å². The molecule has 380 valence electrons. The van der Waals surface area contributed by atoms with E-state index in [0.29, 0.717) is 59.6 Å². The number of carboxylic acid groups (broad SMARTS) is 1. The van der Waals surface area contributed by atoms with Gasteiger partial charge in [0.05, 0.1) is 35.4 Å². The number of nitrogens with one attached hydrogen (secondary N) is 4. The van der Waals surface area contributed by atoms with Crippen molar-refractivity contribution in [3.8, 4) is 22.3 Å². The predicted octanol–water partition coefficient (Wildman–Crippen LogP) is 7.95. The molecule has 2 aromatic carbocycles. The van der Waals surface area contributed by atoms with E-state index in [-0.39, 0.29) is 27.8 Å². The molecule has 0 unspecified atom stereocenters. The fourth-order valence-electron chi connectivity index (χ4n) is 6.78. The molecule has 1 saturated carbocycles. The van der Waals surface area contributed by atoms with Gasteiger partial charge in [0.2, 0.25) is 0 Å². The molecule has 0 radical (unpaired) electrons. The predicted molar refractivity (Wildman–Crippen MR) is 219 cm³/mol. The molecule has 1 fully saturated rings. The van der Waals surface area contributed by atoms with E-state index in [9.17, 15) is 68.5 Å². The van der Waals surface area contributed by atoms with Gasteiger partial charge in [0, 0.05) is 54.8 Å². The average molecular weight is 1000 g/mol. The summed E-state index contributed by atoms with van der Waals surface area (Å²) in [5.41, 5.74) is -4.36. The minimum Gasteiger partial charge on any atom is -0.465 e. The fourth-order valence-corrected chi connectivity index (χ4v) is 6.78. The van der Waals surface area contributed by atoms with Crippen LogP contribution >= 0.6 is 0 Å². The zero-order valence-electron chi connectivity index (χ0n) is 36.9. The number of halogens is 12. The number of amides is 3. The van der Waals surface area contributed by atoms with Gasteiger partial charge >= 0.3 is 37.6 Å². The van der Waals surface area contributed by atoms with Crippen molar-refractivity contribution in [2.75, 3.05) is 13.1 Å². The summed E-state index contributed by atoms with van der Waals surface area (Å²) in [5.74, 6) is -4.56. The molecule has 0 saturated heterocycles. The van der Waals surface area contributed by atoms with E-state index in [1.54, 1.807) is 0 Å². The molecule has 27 heteroatoms. The van der Waals surface area contributed by atoms with Crippen molar-refractivity contribution in [1.82, 2.24) is 45.9 Å². The minimum atomic E-state index is -5.26. The lowest BCUT2D eigenvalue weighted by atomic mass is 9.83. The summed E-state index contributed by atoms with van der Waals surface area (Å²) in [6.07, 6.45) is -11.6. The number of hydrogen-bond donors (Lipinski definition) is 6. The van der Waals surface area contributed by atoms with Crippen LogP contribution in [0.1, 0.15) is 64.8 Å². The Morgan fingerprint density at radius 2 is 1.32 bits per heavy atom. The number of rotatable bonds is 21. The van der Waals surface area contributed by atoms with Crippen LogP contribution in [-0.2, 0) is 22.5 Å². The van der Waals surface area contributed by atoms with Gasteiger partial charge in [-0.05, 0) is 75.8 Å². The number of carbonyl (C=O) groups excluding carboxylic acids is 2. The normalized spacial score (nSPS) is 15.5. The third kappa shape index (κ3) is 13.6. The Morgan fingerprint density at radius 3 is 1.78 bits per heavy atom. The molecule has 0 bridgehead atoms. The van der Waals surface area contributed by atoms with Crippen molar-refractivity contribution in [1.29, 1.82) is 0 Å². The summed E-state index contributed by atoms with van der Waals surface area (Å²) >= 11 is 0. The van der Waals surface area contributed by atoms with E-state index in [4.69, 9.17) is 4.74 Å². The number of alkyl halides is 10. The molecule has 2 heterocycles.